The highest BCUT2D eigenvalue weighted by molar-refractivity contribution is 6.42. The maximum Gasteiger partial charge on any atom is 0.225 e. The predicted molar refractivity (Wildman–Crippen MR) is 99.4 cm³/mol. The van der Waals surface area contributed by atoms with Crippen LogP contribution in [0.5, 0.6) is 0 Å². The van der Waals surface area contributed by atoms with Crippen molar-refractivity contribution in [3.05, 3.63) is 51.4 Å². The van der Waals surface area contributed by atoms with E-state index in [2.05, 4.69) is 20.4 Å². The first-order chi connectivity index (χ1) is 11.9. The van der Waals surface area contributed by atoms with Crippen molar-refractivity contribution in [3.8, 4) is 0 Å². The van der Waals surface area contributed by atoms with Crippen LogP contribution in [0.3, 0.4) is 0 Å². The first kappa shape index (κ1) is 19.1. The molecule has 0 radical (unpaired) electrons. The van der Waals surface area contributed by atoms with Crippen molar-refractivity contribution in [2.75, 3.05) is 12.4 Å². The van der Waals surface area contributed by atoms with Crippen LogP contribution in [0.2, 0.25) is 10.0 Å². The third kappa shape index (κ3) is 5.41. The molecule has 0 fully saturated rings. The molecule has 0 saturated carbocycles. The van der Waals surface area contributed by atoms with E-state index in [9.17, 15) is 4.79 Å². The van der Waals surface area contributed by atoms with Crippen molar-refractivity contribution in [2.45, 2.75) is 26.7 Å². The molecule has 0 aliphatic rings. The predicted octanol–water partition coefficient (Wildman–Crippen LogP) is 4.17. The molecule has 132 valence electrons. The smallest absolute Gasteiger partial charge is 0.225 e. The van der Waals surface area contributed by atoms with Crippen LogP contribution < -0.4 is 5.32 Å². The number of rotatable bonds is 6. The number of aromatic nitrogens is 2. The highest BCUT2D eigenvalue weighted by atomic mass is 35.5. The zero-order chi connectivity index (χ0) is 18.4. The summed E-state index contributed by atoms with van der Waals surface area (Å²) in [6.07, 6.45) is 2.18. The Morgan fingerprint density at radius 2 is 2.00 bits per heavy atom. The van der Waals surface area contributed by atoms with Gasteiger partial charge in [-0.2, -0.15) is 0 Å². The lowest BCUT2D eigenvalue weighted by Crippen LogP contribution is -2.16. The molecule has 0 unspecified atom stereocenters. The molecule has 0 aliphatic heterocycles. The fourth-order valence-electron chi connectivity index (χ4n) is 2.18. The van der Waals surface area contributed by atoms with Crippen LogP contribution in [0.1, 0.15) is 29.8 Å². The number of amides is 1. The second-order valence-electron chi connectivity index (χ2n) is 5.34. The summed E-state index contributed by atoms with van der Waals surface area (Å²) in [7, 11) is 1.45. The summed E-state index contributed by atoms with van der Waals surface area (Å²) < 4.78 is 0. The van der Waals surface area contributed by atoms with E-state index in [4.69, 9.17) is 28.0 Å². The quantitative estimate of drug-likeness (QED) is 0.602. The van der Waals surface area contributed by atoms with Crippen LogP contribution in [-0.4, -0.2) is 28.7 Å². The highest BCUT2D eigenvalue weighted by Crippen LogP contribution is 2.24. The van der Waals surface area contributed by atoms with Crippen molar-refractivity contribution in [3.63, 3.8) is 0 Å². The van der Waals surface area contributed by atoms with Gasteiger partial charge >= 0.3 is 0 Å². The Hall–Kier alpha value is -2.18. The third-order valence-corrected chi connectivity index (χ3v) is 4.11. The molecule has 1 aromatic carbocycles. The molecule has 0 spiro atoms. The molecule has 2 aromatic rings. The normalized spacial score (nSPS) is 11.3. The maximum absolute atomic E-state index is 12.2. The molecule has 8 heteroatoms. The molecule has 1 amide bonds. The summed E-state index contributed by atoms with van der Waals surface area (Å²) in [5, 5.41) is 7.60. The van der Waals surface area contributed by atoms with Crippen molar-refractivity contribution in [1.29, 1.82) is 0 Å². The second kappa shape index (κ2) is 8.78. The van der Waals surface area contributed by atoms with Crippen LogP contribution in [0.15, 0.2) is 29.6 Å². The van der Waals surface area contributed by atoms with Crippen molar-refractivity contribution in [1.82, 2.24) is 9.97 Å². The second-order valence-corrected chi connectivity index (χ2v) is 6.16. The van der Waals surface area contributed by atoms with Gasteiger partial charge in [-0.3, -0.25) is 9.78 Å². The van der Waals surface area contributed by atoms with Crippen LogP contribution in [0.4, 0.5) is 5.82 Å². The van der Waals surface area contributed by atoms with Crippen LogP contribution >= 0.6 is 23.2 Å². The van der Waals surface area contributed by atoms with E-state index < -0.39 is 0 Å². The Morgan fingerprint density at radius 3 is 2.64 bits per heavy atom. The number of nitrogens with zero attached hydrogens (tertiary/aromatic N) is 3. The zero-order valence-corrected chi connectivity index (χ0v) is 15.6. The highest BCUT2D eigenvalue weighted by Gasteiger charge is 2.12. The minimum absolute atomic E-state index is 0.190. The Bertz CT molecular complexity index is 809. The van der Waals surface area contributed by atoms with Gasteiger partial charge in [0.1, 0.15) is 7.11 Å². The van der Waals surface area contributed by atoms with E-state index in [0.717, 1.165) is 11.3 Å². The summed E-state index contributed by atoms with van der Waals surface area (Å²) in [5.74, 6) is 0.264. The van der Waals surface area contributed by atoms with E-state index in [1.807, 2.05) is 6.92 Å². The SMILES string of the molecule is CO/N=C(/CCC(=O)Nc1ncc(C)nc1C)c1ccc(Cl)c(Cl)c1. The van der Waals surface area contributed by atoms with Gasteiger partial charge in [-0.25, -0.2) is 4.98 Å². The number of hydrogen-bond donors (Lipinski definition) is 1. The largest absolute Gasteiger partial charge is 0.399 e. The average molecular weight is 381 g/mol. The van der Waals surface area contributed by atoms with E-state index in [1.54, 1.807) is 31.3 Å². The van der Waals surface area contributed by atoms with Gasteiger partial charge in [0.15, 0.2) is 5.82 Å². The number of halogens is 2. The lowest BCUT2D eigenvalue weighted by Gasteiger charge is -2.09. The fraction of sp³-hybridized carbons (Fsp3) is 0.294. The van der Waals surface area contributed by atoms with Gasteiger partial charge in [-0.1, -0.05) is 34.4 Å². The summed E-state index contributed by atoms with van der Waals surface area (Å²) >= 11 is 12.0. The molecule has 0 saturated heterocycles. The number of anilines is 1. The van der Waals surface area contributed by atoms with Gasteiger partial charge in [0.25, 0.3) is 0 Å². The Morgan fingerprint density at radius 1 is 1.24 bits per heavy atom. The Labute approximate surface area is 156 Å². The summed E-state index contributed by atoms with van der Waals surface area (Å²) in [5.41, 5.74) is 2.81. The number of carbonyl (C=O) groups is 1. The van der Waals surface area contributed by atoms with Gasteiger partial charge in [0, 0.05) is 18.4 Å². The van der Waals surface area contributed by atoms with Gasteiger partial charge in [0.2, 0.25) is 5.91 Å². The molecule has 0 atom stereocenters. The molecule has 0 bridgehead atoms. The van der Waals surface area contributed by atoms with Crippen LogP contribution in [0.25, 0.3) is 0 Å². The van der Waals surface area contributed by atoms with Gasteiger partial charge in [-0.15, -0.1) is 0 Å². The third-order valence-electron chi connectivity index (χ3n) is 3.37. The van der Waals surface area contributed by atoms with Crippen molar-refractivity contribution in [2.24, 2.45) is 5.16 Å². The summed E-state index contributed by atoms with van der Waals surface area (Å²) in [6.45, 7) is 3.64. The number of benzene rings is 1. The molecule has 1 N–H and O–H groups in total. The molecule has 6 nitrogen and oxygen atoms in total. The summed E-state index contributed by atoms with van der Waals surface area (Å²) in [4.78, 5) is 25.5. The minimum Gasteiger partial charge on any atom is -0.399 e. The van der Waals surface area contributed by atoms with Crippen LogP contribution in [0, 0.1) is 13.8 Å². The molecule has 1 heterocycles. The van der Waals surface area contributed by atoms with E-state index in [1.165, 1.54) is 7.11 Å². The monoisotopic (exact) mass is 380 g/mol. The number of aryl methyl sites for hydroxylation is 2. The molecule has 25 heavy (non-hydrogen) atoms. The van der Waals surface area contributed by atoms with E-state index in [0.29, 0.717) is 33.7 Å². The Kier molecular flexibility index (Phi) is 6.73. The Balaban J connectivity index is 2.04. The number of oxime groups is 1. The maximum atomic E-state index is 12.2. The van der Waals surface area contributed by atoms with Gasteiger partial charge < -0.3 is 10.2 Å². The van der Waals surface area contributed by atoms with Crippen LogP contribution in [-0.2, 0) is 9.63 Å². The van der Waals surface area contributed by atoms with Crippen molar-refractivity contribution < 1.29 is 9.63 Å². The minimum atomic E-state index is -0.190. The number of nitrogens with one attached hydrogen (secondary N) is 1. The molecule has 2 rings (SSSR count). The lowest BCUT2D eigenvalue weighted by atomic mass is 10.1. The first-order valence-corrected chi connectivity index (χ1v) is 8.32. The zero-order valence-electron chi connectivity index (χ0n) is 14.1. The number of carbonyl (C=O) groups excluding carboxylic acids is 1. The van der Waals surface area contributed by atoms with E-state index >= 15 is 0 Å². The molecule has 0 aliphatic carbocycles. The fourth-order valence-corrected chi connectivity index (χ4v) is 2.47. The molecular formula is C17H18Cl2N4O2. The average Bonchev–Trinajstić information content (AvgIpc) is 2.56. The first-order valence-electron chi connectivity index (χ1n) is 7.56. The summed E-state index contributed by atoms with van der Waals surface area (Å²) in [6, 6.07) is 5.14. The van der Waals surface area contributed by atoms with Crippen molar-refractivity contribution >= 4 is 40.6 Å². The number of hydrogen-bond acceptors (Lipinski definition) is 5. The van der Waals surface area contributed by atoms with Gasteiger partial charge in [-0.05, 0) is 26.0 Å². The lowest BCUT2D eigenvalue weighted by molar-refractivity contribution is -0.116. The van der Waals surface area contributed by atoms with E-state index in [-0.39, 0.29) is 12.3 Å². The topological polar surface area (TPSA) is 76.5 Å². The molecular weight excluding hydrogens is 363 g/mol. The standard InChI is InChI=1S/C17H18Cl2N4O2/c1-10-9-20-17(11(2)21-10)22-16(24)7-6-15(23-25-3)12-4-5-13(18)14(19)8-12/h4-5,8-9H,6-7H2,1-3H3,(H,20,22,24)/b23-15-. The van der Waals surface area contributed by atoms with Gasteiger partial charge in [0.05, 0.1) is 33.3 Å². The molecule has 1 aromatic heterocycles.